The van der Waals surface area contributed by atoms with Crippen molar-refractivity contribution < 1.29 is 53.6 Å². The molecule has 5 heterocycles. The molecule has 1 spiro atoms. The number of amides is 4. The number of aliphatic hydroxyl groups excluding tert-OH is 3. The van der Waals surface area contributed by atoms with E-state index in [2.05, 4.69) is 46.3 Å². The molecule has 2 fully saturated rings. The molecule has 18 heteroatoms. The first-order valence-electron chi connectivity index (χ1n) is 27.9. The van der Waals surface area contributed by atoms with Gasteiger partial charge in [-0.15, -0.1) is 0 Å². The van der Waals surface area contributed by atoms with Gasteiger partial charge in [0.05, 0.1) is 30.3 Å². The molecule has 4 amide bonds. The molecule has 1 aromatic heterocycles. The molecule has 5 rings (SSSR count). The van der Waals surface area contributed by atoms with E-state index in [-0.39, 0.29) is 73.7 Å². The van der Waals surface area contributed by atoms with Gasteiger partial charge in [-0.25, -0.2) is 5.43 Å². The average molecular weight is 1070 g/mol. The number of rotatable bonds is 15. The van der Waals surface area contributed by atoms with Crippen LogP contribution in [0.3, 0.4) is 0 Å². The number of piperidine rings is 1. The van der Waals surface area contributed by atoms with Gasteiger partial charge in [0.1, 0.15) is 30.0 Å². The van der Waals surface area contributed by atoms with Gasteiger partial charge in [0, 0.05) is 67.7 Å². The van der Waals surface area contributed by atoms with Crippen LogP contribution < -0.4 is 26.9 Å². The summed E-state index contributed by atoms with van der Waals surface area (Å²) in [5, 5.41) is 44.3. The largest absolute Gasteiger partial charge is 0.456 e. The van der Waals surface area contributed by atoms with Crippen LogP contribution in [-0.2, 0) is 44.7 Å². The van der Waals surface area contributed by atoms with Crippen molar-refractivity contribution in [2.24, 2.45) is 41.4 Å². The van der Waals surface area contributed by atoms with Crippen LogP contribution in [0.2, 0.25) is 0 Å². The number of Topliss-reactive ketones (excluding diaryl/α,β-unsaturated/α-hetero) is 1. The van der Waals surface area contributed by atoms with Crippen molar-refractivity contribution in [3.8, 4) is 0 Å². The molecule has 0 saturated carbocycles. The minimum atomic E-state index is -1.44. The number of hydrazine groups is 1. The van der Waals surface area contributed by atoms with Crippen LogP contribution in [0.25, 0.3) is 0 Å². The van der Waals surface area contributed by atoms with Gasteiger partial charge < -0.3 is 50.5 Å². The van der Waals surface area contributed by atoms with Crippen LogP contribution in [0.5, 0.6) is 0 Å². The van der Waals surface area contributed by atoms with Crippen LogP contribution in [0, 0.1) is 41.4 Å². The lowest BCUT2D eigenvalue weighted by Gasteiger charge is -2.51. The summed E-state index contributed by atoms with van der Waals surface area (Å²) in [6, 6.07) is 1.01. The maximum absolute atomic E-state index is 14.5. The first-order valence-corrected chi connectivity index (χ1v) is 27.9. The molecule has 2 saturated heterocycles. The van der Waals surface area contributed by atoms with Crippen molar-refractivity contribution >= 4 is 35.4 Å². The van der Waals surface area contributed by atoms with Crippen molar-refractivity contribution in [3.63, 3.8) is 0 Å². The smallest absolute Gasteiger partial charge is 0.325 e. The quantitative estimate of drug-likeness (QED) is 0.0628. The highest BCUT2D eigenvalue weighted by Crippen LogP contribution is 2.43. The Hall–Kier alpha value is -5.53. The van der Waals surface area contributed by atoms with Crippen LogP contribution in [0.15, 0.2) is 82.7 Å². The lowest BCUT2D eigenvalue weighted by Crippen LogP contribution is -2.64. The number of esters is 1. The van der Waals surface area contributed by atoms with E-state index in [1.165, 1.54) is 30.1 Å². The Morgan fingerprint density at radius 2 is 1.73 bits per heavy atom. The maximum atomic E-state index is 14.5. The third-order valence-electron chi connectivity index (χ3n) is 16.1. The number of nitrogens with one attached hydrogen (secondary N) is 5. The average Bonchev–Trinajstić information content (AvgIpc) is 3.38. The van der Waals surface area contributed by atoms with E-state index in [4.69, 9.17) is 9.47 Å². The molecule has 426 valence electrons. The zero-order valence-electron chi connectivity index (χ0n) is 47.0. The highest BCUT2D eigenvalue weighted by molar-refractivity contribution is 5.93. The minimum absolute atomic E-state index is 0.00617. The Kier molecular flexibility index (Phi) is 23.4. The summed E-state index contributed by atoms with van der Waals surface area (Å²) in [7, 11) is 0. The number of fused-ring (bicyclic) bond motifs is 2. The van der Waals surface area contributed by atoms with E-state index in [1.54, 1.807) is 45.1 Å². The Morgan fingerprint density at radius 1 is 0.987 bits per heavy atom. The predicted molar refractivity (Wildman–Crippen MR) is 293 cm³/mol. The topological polar surface area (TPSA) is 266 Å². The zero-order valence-corrected chi connectivity index (χ0v) is 47.0. The normalized spacial score (nSPS) is 32.4. The van der Waals surface area contributed by atoms with Gasteiger partial charge in [0.2, 0.25) is 23.3 Å². The van der Waals surface area contributed by atoms with Gasteiger partial charge in [-0.2, -0.15) is 0 Å². The third-order valence-corrected chi connectivity index (χ3v) is 16.1. The summed E-state index contributed by atoms with van der Waals surface area (Å²) < 4.78 is 12.9. The van der Waals surface area contributed by atoms with Crippen molar-refractivity contribution in [2.45, 2.75) is 194 Å². The van der Waals surface area contributed by atoms with E-state index < -0.39 is 95.3 Å². The molecule has 0 aromatic carbocycles. The van der Waals surface area contributed by atoms with Gasteiger partial charge in [-0.1, -0.05) is 103 Å². The summed E-state index contributed by atoms with van der Waals surface area (Å²) >= 11 is 0. The van der Waals surface area contributed by atoms with Gasteiger partial charge in [0.15, 0.2) is 5.72 Å². The van der Waals surface area contributed by atoms with Crippen molar-refractivity contribution in [1.29, 1.82) is 0 Å². The van der Waals surface area contributed by atoms with Crippen LogP contribution >= 0.6 is 0 Å². The third kappa shape index (κ3) is 17.0. The van der Waals surface area contributed by atoms with E-state index in [1.807, 2.05) is 45.9 Å². The number of allylic oxidation sites excluding steroid dienone is 5. The molecule has 18 nitrogen and oxygen atoms in total. The number of aromatic nitrogens is 1. The zero-order chi connectivity index (χ0) is 56.7. The Labute approximate surface area is 455 Å². The van der Waals surface area contributed by atoms with Gasteiger partial charge in [-0.3, -0.25) is 33.8 Å². The highest BCUT2D eigenvalue weighted by atomic mass is 16.5. The van der Waals surface area contributed by atoms with E-state index >= 15 is 0 Å². The number of hydrogen-bond donors (Lipinski definition) is 8. The van der Waals surface area contributed by atoms with Crippen molar-refractivity contribution in [3.05, 3.63) is 94.0 Å². The summed E-state index contributed by atoms with van der Waals surface area (Å²) in [5.74, 6) is -5.42. The molecule has 1 aromatic rings. The summed E-state index contributed by atoms with van der Waals surface area (Å²) in [5.41, 5.74) is 3.80. The van der Waals surface area contributed by atoms with Crippen molar-refractivity contribution in [1.82, 2.24) is 31.4 Å². The SMILES string of the molecule is CC[C@H]1C[C@H](C)[C@@]2(NC1=O)O[C@@H](C[C@H](O)[C@@H](C)CCC=CC=C(C)[C@@H]1CC=CC=C[C@H](O)[C@H](C)[C@@H](O)[C@@H](CCC(C)=O)C(=O)N[C@@H](C(C)C)C(=O)N[C@@H](Cc3cccc(=O)[nH]3)C(=O)N3CCCC(N3)C(=O)O1)[C@H](C)C=C2C. The van der Waals surface area contributed by atoms with E-state index in [0.29, 0.717) is 37.8 Å². The molecule has 0 aliphatic carbocycles. The van der Waals surface area contributed by atoms with Gasteiger partial charge >= 0.3 is 5.97 Å². The summed E-state index contributed by atoms with van der Waals surface area (Å²) in [6.07, 6.45) is 14.1. The number of nitrogens with zero attached hydrogens (tertiary/aromatic N) is 1. The molecule has 77 heavy (non-hydrogen) atoms. The minimum Gasteiger partial charge on any atom is -0.456 e. The second-order valence-electron chi connectivity index (χ2n) is 22.5. The number of ether oxygens (including phenoxy) is 2. The Bertz CT molecular complexity index is 2430. The number of aromatic amines is 1. The molecule has 15 atom stereocenters. The fraction of sp³-hybridized carbons (Fsp3) is 0.644. The number of carbonyl (C=O) groups excluding carboxylic acids is 6. The highest BCUT2D eigenvalue weighted by Gasteiger charge is 2.51. The molecule has 1 unspecified atom stereocenters. The van der Waals surface area contributed by atoms with Gasteiger partial charge in [0.25, 0.3) is 5.91 Å². The van der Waals surface area contributed by atoms with E-state index in [9.17, 15) is 48.9 Å². The van der Waals surface area contributed by atoms with Crippen LogP contribution in [0.4, 0.5) is 0 Å². The molecule has 8 N–H and O–H groups in total. The number of pyridine rings is 1. The van der Waals surface area contributed by atoms with Gasteiger partial charge in [-0.05, 0) is 94.8 Å². The molecular formula is C59H88N6O12. The first-order chi connectivity index (χ1) is 36.5. The number of aliphatic hydroxyl groups is 3. The number of ketones is 1. The molecule has 2 bridgehead atoms. The Balaban J connectivity index is 1.35. The van der Waals surface area contributed by atoms with Crippen LogP contribution in [-0.4, -0.2) is 122 Å². The van der Waals surface area contributed by atoms with Crippen LogP contribution in [0.1, 0.15) is 139 Å². The predicted octanol–water partition coefficient (Wildman–Crippen LogP) is 5.34. The number of cyclic esters (lactones) is 1. The van der Waals surface area contributed by atoms with E-state index in [0.717, 1.165) is 24.0 Å². The second kappa shape index (κ2) is 28.9. The molecule has 4 aliphatic rings. The standard InChI is InChI=1S/C59H88N6O12/c1-11-42-31-39(8)59(63-54(42)71)38(7)30-37(6)50(77-59)33-48(68)35(4)20-14-12-15-21-36(5)49-25-17-13-16-24-47(67)41(10)53(70)44(28-27-40(9)66)55(72)62-52(34(2)3)56(73)61-46(32-43-22-18-26-51(69)60-43)57(74)65-29-19-23-45(64-65)58(75)76-49/h12-13,15-18,21-22,24,26,30,34-35,37,39,41-42,44-50,52-53,64,67-68,70H,11,14,19-20,23,25,27-29,31-33H2,1-10H3,(H,60,69)(H,61,73)(H,62,72)(H,63,71)/t35-,37+,39-,41-,42-,44+,45?,46-,47-,48-,49-,50-,52-,53+,59-/m0/s1. The lowest BCUT2D eigenvalue weighted by atomic mass is 9.75. The maximum Gasteiger partial charge on any atom is 0.325 e. The summed E-state index contributed by atoms with van der Waals surface area (Å²) in [4.78, 5) is 97.1. The lowest BCUT2D eigenvalue weighted by molar-refractivity contribution is -0.179. The fourth-order valence-corrected chi connectivity index (χ4v) is 10.8. The second-order valence-corrected chi connectivity index (χ2v) is 22.5. The summed E-state index contributed by atoms with van der Waals surface area (Å²) in [6.45, 7) is 18.6. The Morgan fingerprint density at radius 3 is 2.42 bits per heavy atom. The number of carbonyl (C=O) groups is 6. The fourth-order valence-electron chi connectivity index (χ4n) is 10.8. The first kappa shape index (κ1) is 62.3. The number of hydrogen-bond acceptors (Lipinski definition) is 13. The number of H-pyrrole nitrogens is 1. The molecule has 4 aliphatic heterocycles. The monoisotopic (exact) mass is 1070 g/mol. The van der Waals surface area contributed by atoms with Crippen molar-refractivity contribution in [2.75, 3.05) is 6.54 Å². The molecule has 0 radical (unpaired) electrons. The molecular weight excluding hydrogens is 985 g/mol.